The molecule has 33 heavy (non-hydrogen) atoms. The maximum Gasteiger partial charge on any atom is 0.231 e. The first kappa shape index (κ1) is 21.3. The van der Waals surface area contributed by atoms with Gasteiger partial charge in [-0.3, -0.25) is 9.59 Å². The van der Waals surface area contributed by atoms with Crippen LogP contribution < -0.4 is 5.32 Å². The van der Waals surface area contributed by atoms with Gasteiger partial charge >= 0.3 is 0 Å². The SMILES string of the molecule is O=C(Cc1ccccc1Br)N1CCc2c(ncnc2NC(=O)C23CC4CC(CC(C4)C2)C3)C1. The number of anilines is 1. The van der Waals surface area contributed by atoms with Crippen molar-refractivity contribution >= 4 is 33.6 Å². The third-order valence-corrected chi connectivity index (χ3v) is 9.18. The second-order valence-corrected chi connectivity index (χ2v) is 11.5. The molecule has 1 aliphatic heterocycles. The molecule has 0 unspecified atom stereocenters. The zero-order valence-electron chi connectivity index (χ0n) is 18.7. The number of aromatic nitrogens is 2. The summed E-state index contributed by atoms with van der Waals surface area (Å²) < 4.78 is 0.952. The van der Waals surface area contributed by atoms with Gasteiger partial charge in [-0.05, 0) is 74.3 Å². The minimum Gasteiger partial charge on any atom is -0.336 e. The van der Waals surface area contributed by atoms with Crippen LogP contribution in [0.5, 0.6) is 0 Å². The van der Waals surface area contributed by atoms with E-state index < -0.39 is 0 Å². The number of benzene rings is 1. The summed E-state index contributed by atoms with van der Waals surface area (Å²) in [6, 6.07) is 7.83. The Morgan fingerprint density at radius 2 is 1.76 bits per heavy atom. The van der Waals surface area contributed by atoms with Gasteiger partial charge in [0.1, 0.15) is 12.1 Å². The molecule has 4 saturated carbocycles. The van der Waals surface area contributed by atoms with Gasteiger partial charge in [0.15, 0.2) is 0 Å². The summed E-state index contributed by atoms with van der Waals surface area (Å²) in [7, 11) is 0. The summed E-state index contributed by atoms with van der Waals surface area (Å²) in [6.07, 6.45) is 9.61. The summed E-state index contributed by atoms with van der Waals surface area (Å²) in [4.78, 5) is 37.3. The van der Waals surface area contributed by atoms with E-state index in [-0.39, 0.29) is 17.2 Å². The third-order valence-electron chi connectivity index (χ3n) is 8.41. The summed E-state index contributed by atoms with van der Waals surface area (Å²) in [6.45, 7) is 1.07. The largest absolute Gasteiger partial charge is 0.336 e. The van der Waals surface area contributed by atoms with Gasteiger partial charge in [-0.15, -0.1) is 0 Å². The fraction of sp³-hybridized carbons (Fsp3) is 0.538. The molecule has 0 atom stereocenters. The van der Waals surface area contributed by atoms with E-state index in [0.717, 1.165) is 58.3 Å². The van der Waals surface area contributed by atoms with Gasteiger partial charge in [0, 0.05) is 16.6 Å². The van der Waals surface area contributed by atoms with Gasteiger partial charge in [0.25, 0.3) is 0 Å². The lowest BCUT2D eigenvalue weighted by molar-refractivity contribution is -0.140. The summed E-state index contributed by atoms with van der Waals surface area (Å²) in [5.74, 6) is 3.08. The average Bonchev–Trinajstić information content (AvgIpc) is 2.79. The van der Waals surface area contributed by atoms with Crippen molar-refractivity contribution in [2.75, 3.05) is 11.9 Å². The lowest BCUT2D eigenvalue weighted by Crippen LogP contribution is -2.52. The van der Waals surface area contributed by atoms with Crippen LogP contribution in [0, 0.1) is 23.2 Å². The van der Waals surface area contributed by atoms with Crippen LogP contribution >= 0.6 is 15.9 Å². The van der Waals surface area contributed by atoms with Crippen molar-refractivity contribution < 1.29 is 9.59 Å². The average molecular weight is 509 g/mol. The van der Waals surface area contributed by atoms with E-state index >= 15 is 0 Å². The smallest absolute Gasteiger partial charge is 0.231 e. The van der Waals surface area contributed by atoms with E-state index in [0.29, 0.717) is 31.7 Å². The van der Waals surface area contributed by atoms with Gasteiger partial charge in [-0.2, -0.15) is 0 Å². The Labute approximate surface area is 202 Å². The van der Waals surface area contributed by atoms with Crippen LogP contribution in [0.4, 0.5) is 5.82 Å². The second-order valence-electron chi connectivity index (χ2n) is 10.6. The first-order valence-corrected chi connectivity index (χ1v) is 12.9. The molecule has 0 spiro atoms. The van der Waals surface area contributed by atoms with Crippen LogP contribution in [0.1, 0.15) is 55.3 Å². The van der Waals surface area contributed by atoms with E-state index in [1.54, 1.807) is 0 Å². The Bertz CT molecular complexity index is 1080. The molecule has 172 valence electrons. The molecule has 1 N–H and O–H groups in total. The Morgan fingerprint density at radius 1 is 1.06 bits per heavy atom. The number of fused-ring (bicyclic) bond motifs is 1. The molecule has 6 nitrogen and oxygen atoms in total. The predicted molar refractivity (Wildman–Crippen MR) is 128 cm³/mol. The highest BCUT2D eigenvalue weighted by molar-refractivity contribution is 9.10. The highest BCUT2D eigenvalue weighted by Gasteiger charge is 2.54. The molecule has 2 amide bonds. The summed E-state index contributed by atoms with van der Waals surface area (Å²) in [5.41, 5.74) is 2.62. The molecule has 7 heteroatoms. The zero-order valence-corrected chi connectivity index (χ0v) is 20.3. The standard InChI is InChI=1S/C26H29BrN4O2/c27-21-4-2-1-3-19(21)10-23(32)31-6-5-20-22(14-31)28-15-29-24(20)30-25(33)26-11-16-7-17(12-26)9-18(8-16)13-26/h1-4,15-18H,5-14H2,(H,28,29,30,33). The van der Waals surface area contributed by atoms with E-state index in [9.17, 15) is 9.59 Å². The zero-order chi connectivity index (χ0) is 22.6. The quantitative estimate of drug-likeness (QED) is 0.658. The maximum absolute atomic E-state index is 13.5. The van der Waals surface area contributed by atoms with Crippen LogP contribution in [0.25, 0.3) is 0 Å². The molecule has 5 aliphatic rings. The lowest BCUT2D eigenvalue weighted by atomic mass is 9.49. The lowest BCUT2D eigenvalue weighted by Gasteiger charge is -2.55. The molecule has 7 rings (SSSR count). The van der Waals surface area contributed by atoms with E-state index in [1.165, 1.54) is 25.6 Å². The molecular formula is C26H29BrN4O2. The van der Waals surface area contributed by atoms with Crippen LogP contribution in [0.3, 0.4) is 0 Å². The van der Waals surface area contributed by atoms with E-state index in [1.807, 2.05) is 29.2 Å². The van der Waals surface area contributed by atoms with Crippen molar-refractivity contribution in [1.82, 2.24) is 14.9 Å². The van der Waals surface area contributed by atoms with Gasteiger partial charge in [0.2, 0.25) is 11.8 Å². The van der Waals surface area contributed by atoms with Gasteiger partial charge in [-0.1, -0.05) is 34.1 Å². The third kappa shape index (κ3) is 3.88. The van der Waals surface area contributed by atoms with Crippen LogP contribution in [-0.4, -0.2) is 33.2 Å². The van der Waals surface area contributed by atoms with Crippen molar-refractivity contribution in [2.45, 2.75) is 57.9 Å². The van der Waals surface area contributed by atoms with Crippen LogP contribution in [0.2, 0.25) is 0 Å². The number of hydrogen-bond donors (Lipinski definition) is 1. The number of nitrogens with one attached hydrogen (secondary N) is 1. The summed E-state index contributed by atoms with van der Waals surface area (Å²) >= 11 is 3.53. The summed E-state index contributed by atoms with van der Waals surface area (Å²) in [5, 5.41) is 3.22. The predicted octanol–water partition coefficient (Wildman–Crippen LogP) is 4.52. The van der Waals surface area contributed by atoms with Crippen molar-refractivity contribution in [3.63, 3.8) is 0 Å². The van der Waals surface area contributed by atoms with Crippen LogP contribution in [-0.2, 0) is 29.0 Å². The van der Waals surface area contributed by atoms with Crippen molar-refractivity contribution in [3.05, 3.63) is 51.9 Å². The second kappa shape index (κ2) is 8.19. The van der Waals surface area contributed by atoms with Crippen molar-refractivity contribution in [1.29, 1.82) is 0 Å². The molecule has 0 radical (unpaired) electrons. The molecule has 2 heterocycles. The Hall–Kier alpha value is -2.28. The number of hydrogen-bond acceptors (Lipinski definition) is 4. The molecule has 4 fully saturated rings. The number of halogens is 1. The minimum atomic E-state index is -0.202. The van der Waals surface area contributed by atoms with E-state index in [4.69, 9.17) is 0 Å². The Kier molecular flexibility index (Phi) is 5.28. The van der Waals surface area contributed by atoms with E-state index in [2.05, 4.69) is 31.2 Å². The highest BCUT2D eigenvalue weighted by Crippen LogP contribution is 2.60. The number of carbonyl (C=O) groups is 2. The number of rotatable bonds is 4. The van der Waals surface area contributed by atoms with Gasteiger partial charge in [-0.25, -0.2) is 9.97 Å². The first-order valence-electron chi connectivity index (χ1n) is 12.1. The fourth-order valence-corrected chi connectivity index (χ4v) is 7.65. The molecule has 1 aromatic heterocycles. The molecule has 1 aromatic carbocycles. The Balaban J connectivity index is 1.17. The first-order chi connectivity index (χ1) is 16.0. The molecule has 4 aliphatic carbocycles. The molecule has 0 saturated heterocycles. The van der Waals surface area contributed by atoms with Crippen molar-refractivity contribution in [3.8, 4) is 0 Å². The Morgan fingerprint density at radius 3 is 2.45 bits per heavy atom. The maximum atomic E-state index is 13.5. The number of nitrogens with zero attached hydrogens (tertiary/aromatic N) is 3. The topological polar surface area (TPSA) is 75.2 Å². The minimum absolute atomic E-state index is 0.0883. The number of carbonyl (C=O) groups excluding carboxylic acids is 2. The molecule has 4 bridgehead atoms. The molecular weight excluding hydrogens is 480 g/mol. The van der Waals surface area contributed by atoms with Gasteiger partial charge < -0.3 is 10.2 Å². The molecule has 2 aromatic rings. The fourth-order valence-electron chi connectivity index (χ4n) is 7.22. The van der Waals surface area contributed by atoms with Crippen molar-refractivity contribution in [2.24, 2.45) is 23.2 Å². The number of amides is 2. The van der Waals surface area contributed by atoms with Crippen LogP contribution in [0.15, 0.2) is 35.1 Å². The van der Waals surface area contributed by atoms with Gasteiger partial charge in [0.05, 0.1) is 24.1 Å². The monoisotopic (exact) mass is 508 g/mol. The highest BCUT2D eigenvalue weighted by atomic mass is 79.9. The normalized spacial score (nSPS) is 29.6.